The largest absolute Gasteiger partial charge is 0.373 e. The van der Waals surface area contributed by atoms with E-state index in [0.29, 0.717) is 0 Å². The van der Waals surface area contributed by atoms with Crippen molar-refractivity contribution in [3.8, 4) is 0 Å². The summed E-state index contributed by atoms with van der Waals surface area (Å²) in [4.78, 5) is 2.38. The summed E-state index contributed by atoms with van der Waals surface area (Å²) >= 11 is 0. The SMILES string of the molecule is CC1CN(CC2(c3ccc(F)cc3)CO2)CC(C)O1. The molecule has 0 bridgehead atoms. The summed E-state index contributed by atoms with van der Waals surface area (Å²) < 4.78 is 24.4. The maximum Gasteiger partial charge on any atom is 0.129 e. The number of ether oxygens (including phenoxy) is 2. The molecule has 0 radical (unpaired) electrons. The van der Waals surface area contributed by atoms with Gasteiger partial charge in [-0.05, 0) is 31.5 Å². The molecule has 3 atom stereocenters. The van der Waals surface area contributed by atoms with Crippen molar-refractivity contribution in [1.82, 2.24) is 4.90 Å². The lowest BCUT2D eigenvalue weighted by Gasteiger charge is -2.36. The Balaban J connectivity index is 1.70. The van der Waals surface area contributed by atoms with Crippen LogP contribution in [0.1, 0.15) is 19.4 Å². The fourth-order valence-electron chi connectivity index (χ4n) is 2.96. The van der Waals surface area contributed by atoms with Crippen LogP contribution in [0.4, 0.5) is 4.39 Å². The highest BCUT2D eigenvalue weighted by atomic mass is 19.1. The summed E-state index contributed by atoms with van der Waals surface area (Å²) in [6, 6.07) is 6.66. The summed E-state index contributed by atoms with van der Waals surface area (Å²) in [5.41, 5.74) is 0.838. The molecule has 2 aliphatic heterocycles. The highest BCUT2D eigenvalue weighted by molar-refractivity contribution is 5.28. The van der Waals surface area contributed by atoms with Crippen molar-refractivity contribution in [2.45, 2.75) is 31.7 Å². The first-order chi connectivity index (χ1) is 9.07. The number of hydrogen-bond donors (Lipinski definition) is 0. The third-order valence-electron chi connectivity index (χ3n) is 3.84. The van der Waals surface area contributed by atoms with E-state index in [9.17, 15) is 4.39 Å². The van der Waals surface area contributed by atoms with E-state index < -0.39 is 0 Å². The normalized spacial score (nSPS) is 35.3. The molecule has 0 N–H and O–H groups in total. The summed E-state index contributed by atoms with van der Waals surface area (Å²) in [7, 11) is 0. The summed E-state index contributed by atoms with van der Waals surface area (Å²) in [5, 5.41) is 0. The number of halogens is 1. The van der Waals surface area contributed by atoms with Gasteiger partial charge in [-0.3, -0.25) is 4.90 Å². The van der Waals surface area contributed by atoms with E-state index in [1.165, 1.54) is 12.1 Å². The number of morpholine rings is 1. The van der Waals surface area contributed by atoms with Crippen LogP contribution in [0.2, 0.25) is 0 Å². The molecule has 1 aromatic carbocycles. The molecule has 2 fully saturated rings. The van der Waals surface area contributed by atoms with Gasteiger partial charge in [0.15, 0.2) is 0 Å². The van der Waals surface area contributed by atoms with Crippen LogP contribution < -0.4 is 0 Å². The Kier molecular flexibility index (Phi) is 3.33. The van der Waals surface area contributed by atoms with Crippen molar-refractivity contribution < 1.29 is 13.9 Å². The number of rotatable bonds is 3. The predicted molar refractivity (Wildman–Crippen MR) is 70.5 cm³/mol. The number of nitrogens with zero attached hydrogens (tertiary/aromatic N) is 1. The predicted octanol–water partition coefficient (Wildman–Crippen LogP) is 2.16. The van der Waals surface area contributed by atoms with E-state index >= 15 is 0 Å². The van der Waals surface area contributed by atoms with Crippen LogP contribution in [0, 0.1) is 5.82 Å². The molecule has 2 saturated heterocycles. The van der Waals surface area contributed by atoms with Gasteiger partial charge >= 0.3 is 0 Å². The molecule has 0 amide bonds. The highest BCUT2D eigenvalue weighted by Gasteiger charge is 2.48. The summed E-state index contributed by atoms with van der Waals surface area (Å²) in [6.07, 6.45) is 0.514. The Labute approximate surface area is 113 Å². The number of benzene rings is 1. The smallest absolute Gasteiger partial charge is 0.129 e. The van der Waals surface area contributed by atoms with Gasteiger partial charge in [-0.15, -0.1) is 0 Å². The second-order valence-corrected chi connectivity index (χ2v) is 5.74. The third kappa shape index (κ3) is 2.81. The Morgan fingerprint density at radius 1 is 1.21 bits per heavy atom. The molecule has 3 rings (SSSR count). The van der Waals surface area contributed by atoms with Crippen LogP contribution in [0.3, 0.4) is 0 Å². The second kappa shape index (κ2) is 4.85. The lowest BCUT2D eigenvalue weighted by Crippen LogP contribution is -2.48. The standard InChI is InChI=1S/C15H20FNO2/c1-11-7-17(8-12(2)19-11)9-15(10-18-15)13-3-5-14(16)6-4-13/h3-6,11-12H,7-10H2,1-2H3. The van der Waals surface area contributed by atoms with Crippen molar-refractivity contribution in [2.24, 2.45) is 0 Å². The quantitative estimate of drug-likeness (QED) is 0.783. The zero-order valence-electron chi connectivity index (χ0n) is 11.4. The molecule has 0 spiro atoms. The summed E-state index contributed by atoms with van der Waals surface area (Å²) in [5.74, 6) is -0.201. The van der Waals surface area contributed by atoms with Crippen molar-refractivity contribution in [1.29, 1.82) is 0 Å². The second-order valence-electron chi connectivity index (χ2n) is 5.74. The van der Waals surface area contributed by atoms with Crippen LogP contribution in [0.15, 0.2) is 24.3 Å². The minimum atomic E-state index is -0.232. The average molecular weight is 265 g/mol. The number of hydrogen-bond acceptors (Lipinski definition) is 3. The molecule has 4 heteroatoms. The molecule has 2 aliphatic rings. The van der Waals surface area contributed by atoms with Gasteiger partial charge < -0.3 is 9.47 Å². The molecule has 19 heavy (non-hydrogen) atoms. The summed E-state index contributed by atoms with van der Waals surface area (Å²) in [6.45, 7) is 7.63. The van der Waals surface area contributed by atoms with Crippen molar-refractivity contribution in [3.05, 3.63) is 35.6 Å². The lowest BCUT2D eigenvalue weighted by molar-refractivity contribution is -0.0730. The molecule has 0 aromatic heterocycles. The Bertz CT molecular complexity index is 434. The van der Waals surface area contributed by atoms with E-state index in [0.717, 1.165) is 31.8 Å². The van der Waals surface area contributed by atoms with Gasteiger partial charge in [-0.1, -0.05) is 12.1 Å². The fourth-order valence-corrected chi connectivity index (χ4v) is 2.96. The van der Waals surface area contributed by atoms with Gasteiger partial charge in [0.25, 0.3) is 0 Å². The highest BCUT2D eigenvalue weighted by Crippen LogP contribution is 2.40. The van der Waals surface area contributed by atoms with Crippen LogP contribution in [-0.4, -0.2) is 43.3 Å². The topological polar surface area (TPSA) is 25.0 Å². The first kappa shape index (κ1) is 13.0. The molecule has 0 saturated carbocycles. The maximum absolute atomic E-state index is 13.0. The van der Waals surface area contributed by atoms with Gasteiger partial charge in [-0.25, -0.2) is 4.39 Å². The minimum Gasteiger partial charge on any atom is -0.373 e. The molecule has 0 aliphatic carbocycles. The third-order valence-corrected chi connectivity index (χ3v) is 3.84. The van der Waals surface area contributed by atoms with Crippen LogP contribution in [0.5, 0.6) is 0 Å². The van der Waals surface area contributed by atoms with E-state index in [4.69, 9.17) is 9.47 Å². The first-order valence-corrected chi connectivity index (χ1v) is 6.85. The zero-order valence-corrected chi connectivity index (χ0v) is 11.4. The molecule has 104 valence electrons. The van der Waals surface area contributed by atoms with Gasteiger partial charge in [0, 0.05) is 19.6 Å². The lowest BCUT2D eigenvalue weighted by atomic mass is 9.98. The fraction of sp³-hybridized carbons (Fsp3) is 0.600. The Morgan fingerprint density at radius 3 is 2.32 bits per heavy atom. The first-order valence-electron chi connectivity index (χ1n) is 6.85. The van der Waals surface area contributed by atoms with Crippen molar-refractivity contribution >= 4 is 0 Å². The van der Waals surface area contributed by atoms with E-state index in [1.807, 2.05) is 12.1 Å². The van der Waals surface area contributed by atoms with E-state index in [-0.39, 0.29) is 23.6 Å². The maximum atomic E-state index is 13.0. The molecule has 2 heterocycles. The minimum absolute atomic E-state index is 0.201. The van der Waals surface area contributed by atoms with Gasteiger partial charge in [-0.2, -0.15) is 0 Å². The molecule has 3 unspecified atom stereocenters. The van der Waals surface area contributed by atoms with Gasteiger partial charge in [0.05, 0.1) is 18.8 Å². The molecule has 1 aromatic rings. The zero-order chi connectivity index (χ0) is 13.5. The van der Waals surface area contributed by atoms with Crippen molar-refractivity contribution in [2.75, 3.05) is 26.2 Å². The molecular weight excluding hydrogens is 245 g/mol. The number of epoxide rings is 1. The Morgan fingerprint density at radius 2 is 1.79 bits per heavy atom. The van der Waals surface area contributed by atoms with E-state index in [2.05, 4.69) is 18.7 Å². The van der Waals surface area contributed by atoms with Crippen LogP contribution in [0.25, 0.3) is 0 Å². The van der Waals surface area contributed by atoms with Crippen LogP contribution in [-0.2, 0) is 15.1 Å². The Hall–Kier alpha value is -0.970. The van der Waals surface area contributed by atoms with Crippen LogP contribution >= 0.6 is 0 Å². The van der Waals surface area contributed by atoms with E-state index in [1.54, 1.807) is 0 Å². The average Bonchev–Trinajstić information content (AvgIpc) is 3.09. The van der Waals surface area contributed by atoms with Gasteiger partial charge in [0.1, 0.15) is 11.4 Å². The van der Waals surface area contributed by atoms with Gasteiger partial charge in [0.2, 0.25) is 0 Å². The molecule has 3 nitrogen and oxygen atoms in total. The monoisotopic (exact) mass is 265 g/mol. The van der Waals surface area contributed by atoms with Crippen molar-refractivity contribution in [3.63, 3.8) is 0 Å². The molecular formula is C15H20FNO2.